The van der Waals surface area contributed by atoms with Gasteiger partial charge in [0.15, 0.2) is 0 Å². The van der Waals surface area contributed by atoms with Crippen molar-refractivity contribution in [3.05, 3.63) is 53.9 Å². The van der Waals surface area contributed by atoms with Crippen LogP contribution in [0, 0.1) is 0 Å². The Hall–Kier alpha value is -3.17. The first-order valence-electron chi connectivity index (χ1n) is 8.06. The molecule has 0 bridgehead atoms. The maximum Gasteiger partial charge on any atom is 0.471 e. The summed E-state index contributed by atoms with van der Waals surface area (Å²) in [7, 11) is 0. The molecule has 0 aliphatic heterocycles. The quantitative estimate of drug-likeness (QED) is 0.712. The molecule has 7 nitrogen and oxygen atoms in total. The maximum absolute atomic E-state index is 12.5. The molecule has 0 unspecified atom stereocenters. The van der Waals surface area contributed by atoms with Crippen molar-refractivity contribution in [3.8, 4) is 11.4 Å². The first-order valence-corrected chi connectivity index (χ1v) is 8.06. The van der Waals surface area contributed by atoms with Crippen LogP contribution in [0.15, 0.2) is 41.3 Å². The summed E-state index contributed by atoms with van der Waals surface area (Å²) in [5, 5.41) is 6.07. The van der Waals surface area contributed by atoms with Gasteiger partial charge in [-0.05, 0) is 5.56 Å². The SMILES string of the molecule is CC(=O)NCCc1cn(Cc2ccc(-c3noc(C(F)(F)F)n3)cc2)cn1. The lowest BCUT2D eigenvalue weighted by Gasteiger charge is -2.03. The molecule has 1 amide bonds. The number of rotatable bonds is 6. The molecule has 0 saturated carbocycles. The van der Waals surface area contributed by atoms with Crippen LogP contribution in [0.2, 0.25) is 0 Å². The molecule has 3 rings (SSSR count). The van der Waals surface area contributed by atoms with E-state index in [9.17, 15) is 18.0 Å². The summed E-state index contributed by atoms with van der Waals surface area (Å²) in [5.74, 6) is -1.57. The van der Waals surface area contributed by atoms with Crippen LogP contribution < -0.4 is 5.32 Å². The molecule has 0 spiro atoms. The second-order valence-electron chi connectivity index (χ2n) is 5.89. The van der Waals surface area contributed by atoms with E-state index in [1.807, 2.05) is 10.8 Å². The van der Waals surface area contributed by atoms with Gasteiger partial charge in [-0.1, -0.05) is 29.4 Å². The summed E-state index contributed by atoms with van der Waals surface area (Å²) >= 11 is 0. The molecule has 0 fully saturated rings. The van der Waals surface area contributed by atoms with Crippen LogP contribution in [-0.4, -0.2) is 32.1 Å². The van der Waals surface area contributed by atoms with Crippen LogP contribution in [0.1, 0.15) is 24.1 Å². The summed E-state index contributed by atoms with van der Waals surface area (Å²) < 4.78 is 43.7. The van der Waals surface area contributed by atoms with Crippen molar-refractivity contribution in [2.24, 2.45) is 0 Å². The van der Waals surface area contributed by atoms with Gasteiger partial charge < -0.3 is 14.4 Å². The van der Waals surface area contributed by atoms with E-state index >= 15 is 0 Å². The van der Waals surface area contributed by atoms with E-state index in [0.29, 0.717) is 25.1 Å². The number of halogens is 3. The van der Waals surface area contributed by atoms with Crippen LogP contribution in [-0.2, 0) is 23.9 Å². The second-order valence-corrected chi connectivity index (χ2v) is 5.89. The molecule has 27 heavy (non-hydrogen) atoms. The number of carbonyl (C=O) groups is 1. The number of hydrogen-bond acceptors (Lipinski definition) is 5. The zero-order valence-corrected chi connectivity index (χ0v) is 14.3. The van der Waals surface area contributed by atoms with Crippen molar-refractivity contribution < 1.29 is 22.5 Å². The lowest BCUT2D eigenvalue weighted by atomic mass is 10.1. The third-order valence-corrected chi connectivity index (χ3v) is 3.69. The minimum atomic E-state index is -4.66. The number of alkyl halides is 3. The Kier molecular flexibility index (Phi) is 5.24. The molecule has 0 atom stereocenters. The number of benzene rings is 1. The fourth-order valence-corrected chi connectivity index (χ4v) is 2.41. The largest absolute Gasteiger partial charge is 0.471 e. The lowest BCUT2D eigenvalue weighted by molar-refractivity contribution is -0.159. The van der Waals surface area contributed by atoms with Crippen molar-refractivity contribution >= 4 is 5.91 Å². The molecule has 0 saturated heterocycles. The Bertz CT molecular complexity index is 915. The predicted octanol–water partition coefficient (Wildman–Crippen LogP) is 2.68. The lowest BCUT2D eigenvalue weighted by Crippen LogP contribution is -2.22. The van der Waals surface area contributed by atoms with Gasteiger partial charge in [0.1, 0.15) is 0 Å². The highest BCUT2D eigenvalue weighted by Crippen LogP contribution is 2.29. The Morgan fingerprint density at radius 2 is 2.00 bits per heavy atom. The molecule has 0 aliphatic carbocycles. The Labute approximate surface area is 152 Å². The maximum atomic E-state index is 12.5. The molecule has 1 aromatic carbocycles. The molecule has 2 aromatic heterocycles. The van der Waals surface area contributed by atoms with Gasteiger partial charge in [-0.15, -0.1) is 0 Å². The van der Waals surface area contributed by atoms with Crippen molar-refractivity contribution in [1.29, 1.82) is 0 Å². The number of hydrogen-bond donors (Lipinski definition) is 1. The molecule has 0 aliphatic rings. The van der Waals surface area contributed by atoms with Crippen LogP contribution >= 0.6 is 0 Å². The molecular weight excluding hydrogens is 363 g/mol. The number of carbonyl (C=O) groups excluding carboxylic acids is 1. The second kappa shape index (κ2) is 7.60. The van der Waals surface area contributed by atoms with Gasteiger partial charge in [0.2, 0.25) is 11.7 Å². The van der Waals surface area contributed by atoms with E-state index in [4.69, 9.17) is 0 Å². The molecule has 142 valence electrons. The summed E-state index contributed by atoms with van der Waals surface area (Å²) in [6.45, 7) is 2.53. The van der Waals surface area contributed by atoms with Crippen LogP contribution in [0.25, 0.3) is 11.4 Å². The van der Waals surface area contributed by atoms with Gasteiger partial charge in [0, 0.05) is 38.2 Å². The third kappa shape index (κ3) is 4.93. The first-order chi connectivity index (χ1) is 12.8. The Balaban J connectivity index is 1.62. The highest BCUT2D eigenvalue weighted by molar-refractivity contribution is 5.72. The van der Waals surface area contributed by atoms with Gasteiger partial charge in [-0.25, -0.2) is 4.98 Å². The third-order valence-electron chi connectivity index (χ3n) is 3.69. The van der Waals surface area contributed by atoms with E-state index in [1.54, 1.807) is 30.6 Å². The minimum absolute atomic E-state index is 0.0847. The van der Waals surface area contributed by atoms with Crippen molar-refractivity contribution in [1.82, 2.24) is 25.0 Å². The van der Waals surface area contributed by atoms with Crippen LogP contribution in [0.3, 0.4) is 0 Å². The number of aromatic nitrogens is 4. The van der Waals surface area contributed by atoms with Crippen molar-refractivity contribution in [2.75, 3.05) is 6.54 Å². The minimum Gasteiger partial charge on any atom is -0.356 e. The molecule has 3 aromatic rings. The number of amides is 1. The van der Waals surface area contributed by atoms with E-state index in [0.717, 1.165) is 11.3 Å². The first kappa shape index (κ1) is 18.6. The van der Waals surface area contributed by atoms with E-state index in [2.05, 4.69) is 25.0 Å². The van der Waals surface area contributed by atoms with E-state index in [1.165, 1.54) is 6.92 Å². The highest BCUT2D eigenvalue weighted by Gasteiger charge is 2.38. The summed E-state index contributed by atoms with van der Waals surface area (Å²) in [5.41, 5.74) is 2.22. The zero-order valence-electron chi connectivity index (χ0n) is 14.3. The van der Waals surface area contributed by atoms with Gasteiger partial charge >= 0.3 is 12.1 Å². The van der Waals surface area contributed by atoms with E-state index < -0.39 is 12.1 Å². The zero-order chi connectivity index (χ0) is 19.4. The van der Waals surface area contributed by atoms with E-state index in [-0.39, 0.29) is 11.7 Å². The van der Waals surface area contributed by atoms with Gasteiger partial charge in [-0.2, -0.15) is 18.2 Å². The Morgan fingerprint density at radius 3 is 2.63 bits per heavy atom. The monoisotopic (exact) mass is 379 g/mol. The fourth-order valence-electron chi connectivity index (χ4n) is 2.41. The molecular formula is C17H16F3N5O2. The molecule has 2 heterocycles. The fraction of sp³-hybridized carbons (Fsp3) is 0.294. The molecule has 0 radical (unpaired) electrons. The number of nitrogens with one attached hydrogen (secondary N) is 1. The average molecular weight is 379 g/mol. The van der Waals surface area contributed by atoms with Gasteiger partial charge in [0.25, 0.3) is 0 Å². The van der Waals surface area contributed by atoms with Gasteiger partial charge in [-0.3, -0.25) is 4.79 Å². The Morgan fingerprint density at radius 1 is 1.26 bits per heavy atom. The van der Waals surface area contributed by atoms with Crippen LogP contribution in [0.4, 0.5) is 13.2 Å². The molecule has 1 N–H and O–H groups in total. The normalized spacial score (nSPS) is 11.6. The van der Waals surface area contributed by atoms with Crippen molar-refractivity contribution in [2.45, 2.75) is 26.1 Å². The highest BCUT2D eigenvalue weighted by atomic mass is 19.4. The average Bonchev–Trinajstić information content (AvgIpc) is 3.25. The van der Waals surface area contributed by atoms with Gasteiger partial charge in [0.05, 0.1) is 12.0 Å². The predicted molar refractivity (Wildman–Crippen MR) is 88.5 cm³/mol. The van der Waals surface area contributed by atoms with Crippen molar-refractivity contribution in [3.63, 3.8) is 0 Å². The van der Waals surface area contributed by atoms with Crippen LogP contribution in [0.5, 0.6) is 0 Å². The summed E-state index contributed by atoms with van der Waals surface area (Å²) in [4.78, 5) is 18.5. The topological polar surface area (TPSA) is 85.8 Å². The summed E-state index contributed by atoms with van der Waals surface area (Å²) in [6, 6.07) is 6.82. The molecule has 10 heteroatoms. The smallest absolute Gasteiger partial charge is 0.356 e. The number of imidazole rings is 1. The summed E-state index contributed by atoms with van der Waals surface area (Å²) in [6.07, 6.45) is -0.467. The number of nitrogens with zero attached hydrogens (tertiary/aromatic N) is 4. The standard InChI is InChI=1S/C17H16F3N5O2/c1-11(26)21-7-6-14-9-25(10-22-14)8-12-2-4-13(5-3-12)15-23-16(27-24-15)17(18,19)20/h2-5,9-10H,6-8H2,1H3,(H,21,26).